The van der Waals surface area contributed by atoms with Crippen LogP contribution in [0, 0.1) is 5.92 Å². The van der Waals surface area contributed by atoms with Gasteiger partial charge in [0.2, 0.25) is 0 Å². The van der Waals surface area contributed by atoms with Gasteiger partial charge in [-0.3, -0.25) is 0 Å². The smallest absolute Gasteiger partial charge is 0.161 e. The maximum atomic E-state index is 6.03. The molecule has 1 aromatic carbocycles. The monoisotopic (exact) mass is 291 g/mol. The molecule has 0 bridgehead atoms. The normalized spacial score (nSPS) is 26.2. The predicted molar refractivity (Wildman–Crippen MR) is 82.0 cm³/mol. The first-order chi connectivity index (χ1) is 10.2. The lowest BCUT2D eigenvalue weighted by Crippen LogP contribution is -2.34. The summed E-state index contributed by atoms with van der Waals surface area (Å²) in [5, 5.41) is 3.62. The van der Waals surface area contributed by atoms with Crippen LogP contribution in [-0.2, 0) is 4.74 Å². The molecular formula is C17H25NO3. The molecule has 1 aromatic rings. The van der Waals surface area contributed by atoms with Crippen molar-refractivity contribution in [2.75, 3.05) is 26.4 Å². The third-order valence-corrected chi connectivity index (χ3v) is 4.26. The number of hydrogen-bond donors (Lipinski definition) is 1. The number of hydrogen-bond acceptors (Lipinski definition) is 4. The first kappa shape index (κ1) is 14.7. The summed E-state index contributed by atoms with van der Waals surface area (Å²) in [5.41, 5.74) is 1.16. The van der Waals surface area contributed by atoms with Gasteiger partial charge in [0.05, 0.1) is 19.3 Å². The lowest BCUT2D eigenvalue weighted by Gasteiger charge is -2.20. The Balaban J connectivity index is 1.73. The van der Waals surface area contributed by atoms with Crippen molar-refractivity contribution < 1.29 is 14.2 Å². The van der Waals surface area contributed by atoms with Crippen LogP contribution in [0.3, 0.4) is 0 Å². The van der Waals surface area contributed by atoms with Crippen molar-refractivity contribution in [2.45, 2.75) is 38.8 Å². The fourth-order valence-corrected chi connectivity index (χ4v) is 2.92. The van der Waals surface area contributed by atoms with Crippen LogP contribution in [0.5, 0.6) is 11.5 Å². The van der Waals surface area contributed by atoms with E-state index in [-0.39, 0.29) is 6.10 Å². The molecule has 116 valence electrons. The summed E-state index contributed by atoms with van der Waals surface area (Å²) in [6.07, 6.45) is 2.09. The number of rotatable bonds is 2. The van der Waals surface area contributed by atoms with E-state index in [2.05, 4.69) is 31.3 Å². The van der Waals surface area contributed by atoms with Crippen LogP contribution < -0.4 is 14.8 Å². The van der Waals surface area contributed by atoms with Crippen molar-refractivity contribution in [2.24, 2.45) is 5.92 Å². The zero-order chi connectivity index (χ0) is 14.7. The van der Waals surface area contributed by atoms with E-state index in [0.29, 0.717) is 12.0 Å². The van der Waals surface area contributed by atoms with Crippen LogP contribution in [0.1, 0.15) is 38.4 Å². The molecule has 1 saturated heterocycles. The molecule has 21 heavy (non-hydrogen) atoms. The molecule has 1 N–H and O–H groups in total. The zero-order valence-corrected chi connectivity index (χ0v) is 12.9. The summed E-state index contributed by atoms with van der Waals surface area (Å²) >= 11 is 0. The van der Waals surface area contributed by atoms with Crippen molar-refractivity contribution in [3.63, 3.8) is 0 Å². The van der Waals surface area contributed by atoms with E-state index in [1.807, 2.05) is 6.07 Å². The van der Waals surface area contributed by atoms with Crippen LogP contribution in [0.2, 0.25) is 0 Å². The molecule has 0 amide bonds. The molecule has 2 aliphatic rings. The topological polar surface area (TPSA) is 39.7 Å². The van der Waals surface area contributed by atoms with Gasteiger partial charge < -0.3 is 19.5 Å². The molecule has 1 fully saturated rings. The van der Waals surface area contributed by atoms with Gasteiger partial charge in [0.25, 0.3) is 0 Å². The standard InChI is InChI=1S/C17H25NO3/c1-12(2)14-6-9-21-17(11-18-14)13-4-5-15-16(10-13)20-8-3-7-19-15/h4-5,10,12,14,17-18H,3,6-9,11H2,1-2H3. The largest absolute Gasteiger partial charge is 0.490 e. The quantitative estimate of drug-likeness (QED) is 0.909. The Labute approximate surface area is 126 Å². The fourth-order valence-electron chi connectivity index (χ4n) is 2.92. The first-order valence-corrected chi connectivity index (χ1v) is 7.98. The Hall–Kier alpha value is -1.26. The van der Waals surface area contributed by atoms with Crippen LogP contribution >= 0.6 is 0 Å². The van der Waals surface area contributed by atoms with Crippen molar-refractivity contribution in [3.8, 4) is 11.5 Å². The van der Waals surface area contributed by atoms with Crippen molar-refractivity contribution in [3.05, 3.63) is 23.8 Å². The second-order valence-electron chi connectivity index (χ2n) is 6.16. The molecule has 0 saturated carbocycles. The van der Waals surface area contributed by atoms with Gasteiger partial charge >= 0.3 is 0 Å². The van der Waals surface area contributed by atoms with Gasteiger partial charge in [-0.2, -0.15) is 0 Å². The molecule has 0 aliphatic carbocycles. The third-order valence-electron chi connectivity index (χ3n) is 4.26. The van der Waals surface area contributed by atoms with E-state index in [1.165, 1.54) is 0 Å². The van der Waals surface area contributed by atoms with Crippen LogP contribution in [0.25, 0.3) is 0 Å². The molecule has 2 aliphatic heterocycles. The Morgan fingerprint density at radius 3 is 2.71 bits per heavy atom. The number of fused-ring (bicyclic) bond motifs is 1. The lowest BCUT2D eigenvalue weighted by atomic mass is 10.0. The van der Waals surface area contributed by atoms with Gasteiger partial charge in [-0.15, -0.1) is 0 Å². The third kappa shape index (κ3) is 3.50. The highest BCUT2D eigenvalue weighted by Crippen LogP contribution is 2.33. The van der Waals surface area contributed by atoms with E-state index >= 15 is 0 Å². The highest BCUT2D eigenvalue weighted by molar-refractivity contribution is 5.44. The molecule has 4 heteroatoms. The van der Waals surface area contributed by atoms with E-state index < -0.39 is 0 Å². The van der Waals surface area contributed by atoms with Crippen molar-refractivity contribution in [1.29, 1.82) is 0 Å². The SMILES string of the molecule is CC(C)C1CCOC(c2ccc3c(c2)OCCCO3)CN1. The molecular weight excluding hydrogens is 266 g/mol. The number of nitrogens with one attached hydrogen (secondary N) is 1. The van der Waals surface area contributed by atoms with Gasteiger partial charge in [0, 0.05) is 25.6 Å². The molecule has 0 radical (unpaired) electrons. The van der Waals surface area contributed by atoms with E-state index in [4.69, 9.17) is 14.2 Å². The average molecular weight is 291 g/mol. The number of benzene rings is 1. The highest BCUT2D eigenvalue weighted by Gasteiger charge is 2.23. The minimum absolute atomic E-state index is 0.0888. The van der Waals surface area contributed by atoms with E-state index in [1.54, 1.807) is 0 Å². The summed E-state index contributed by atoms with van der Waals surface area (Å²) in [6.45, 7) is 7.61. The van der Waals surface area contributed by atoms with Gasteiger partial charge in [0.1, 0.15) is 0 Å². The summed E-state index contributed by atoms with van der Waals surface area (Å²) in [6, 6.07) is 6.71. The zero-order valence-electron chi connectivity index (χ0n) is 12.9. The van der Waals surface area contributed by atoms with E-state index in [0.717, 1.165) is 56.3 Å². The van der Waals surface area contributed by atoms with Crippen LogP contribution in [0.4, 0.5) is 0 Å². The molecule has 0 aromatic heterocycles. The molecule has 2 atom stereocenters. The summed E-state index contributed by atoms with van der Waals surface area (Å²) < 4.78 is 17.5. The maximum Gasteiger partial charge on any atom is 0.161 e. The highest BCUT2D eigenvalue weighted by atomic mass is 16.5. The maximum absolute atomic E-state index is 6.03. The molecule has 3 rings (SSSR count). The molecule has 2 unspecified atom stereocenters. The minimum Gasteiger partial charge on any atom is -0.490 e. The van der Waals surface area contributed by atoms with Crippen LogP contribution in [-0.4, -0.2) is 32.4 Å². The fraction of sp³-hybridized carbons (Fsp3) is 0.647. The average Bonchev–Trinajstić information content (AvgIpc) is 2.86. The lowest BCUT2D eigenvalue weighted by molar-refractivity contribution is 0.0658. The summed E-state index contributed by atoms with van der Waals surface area (Å²) in [4.78, 5) is 0. The first-order valence-electron chi connectivity index (χ1n) is 7.98. The van der Waals surface area contributed by atoms with Gasteiger partial charge in [-0.25, -0.2) is 0 Å². The number of ether oxygens (including phenoxy) is 3. The Morgan fingerprint density at radius 1 is 1.10 bits per heavy atom. The van der Waals surface area contributed by atoms with Crippen molar-refractivity contribution >= 4 is 0 Å². The second-order valence-corrected chi connectivity index (χ2v) is 6.16. The Bertz CT molecular complexity index is 475. The van der Waals surface area contributed by atoms with Gasteiger partial charge in [0.15, 0.2) is 11.5 Å². The summed E-state index contributed by atoms with van der Waals surface area (Å²) in [5.74, 6) is 2.33. The predicted octanol–water partition coefficient (Wildman–Crippen LogP) is 2.92. The Morgan fingerprint density at radius 2 is 1.90 bits per heavy atom. The molecule has 0 spiro atoms. The van der Waals surface area contributed by atoms with Crippen LogP contribution in [0.15, 0.2) is 18.2 Å². The summed E-state index contributed by atoms with van der Waals surface area (Å²) in [7, 11) is 0. The van der Waals surface area contributed by atoms with E-state index in [9.17, 15) is 0 Å². The second kappa shape index (κ2) is 6.67. The van der Waals surface area contributed by atoms with Gasteiger partial charge in [-0.1, -0.05) is 19.9 Å². The minimum atomic E-state index is 0.0888. The molecule has 4 nitrogen and oxygen atoms in total. The van der Waals surface area contributed by atoms with Crippen molar-refractivity contribution in [1.82, 2.24) is 5.32 Å². The Kier molecular flexibility index (Phi) is 4.66. The molecule has 2 heterocycles. The van der Waals surface area contributed by atoms with Gasteiger partial charge in [-0.05, 0) is 30.0 Å².